The molecule has 0 fully saturated rings. The Morgan fingerprint density at radius 2 is 0.611 bits per heavy atom. The van der Waals surface area contributed by atoms with Crippen LogP contribution >= 0.6 is 48.9 Å². The molecule has 14 nitrogen and oxygen atoms in total. The third kappa shape index (κ3) is 32.5. The molecule has 54 heavy (non-hydrogen) atoms. The second-order valence-electron chi connectivity index (χ2n) is 10.0. The zero-order valence-corrected chi connectivity index (χ0v) is 36.2. The first kappa shape index (κ1) is 57.8. The average Bonchev–Trinajstić information content (AvgIpc) is 3.14. The summed E-state index contributed by atoms with van der Waals surface area (Å²) in [7, 11) is 0. The number of nitrogens with one attached hydrogen (secondary N) is 4. The monoisotopic (exact) mass is 890 g/mol. The maximum Gasteiger partial charge on any atom is 4.00 e. The maximum absolute atomic E-state index is 7.13. The summed E-state index contributed by atoms with van der Waals surface area (Å²) in [5.41, 5.74) is 7.66. The molecule has 0 radical (unpaired) electrons. The van der Waals surface area contributed by atoms with Crippen LogP contribution in [0.5, 0.6) is 0 Å². The topological polar surface area (TPSA) is 213 Å². The first-order valence-electron chi connectivity index (χ1n) is 16.1. The van der Waals surface area contributed by atoms with Crippen LogP contribution in [-0.2, 0) is 34.1 Å². The number of hydrogen-bond donors (Lipinski definition) is 4. The Morgan fingerprint density at radius 3 is 0.796 bits per heavy atom. The SMILES string of the molecule is CC1=NCCNCCNCCN=C(C)c2cccc1n2.CC1=NCCNCCNCCN=C(C)c2cccc1n2.[Fe+4].[Fe+4].[N-]=C=S.[N-]=C=S.[N-]=C=S.[N-]=C=S. The van der Waals surface area contributed by atoms with E-state index in [1.807, 2.05) is 64.1 Å². The molecule has 0 saturated heterocycles. The molecule has 0 amide bonds. The van der Waals surface area contributed by atoms with E-state index in [-0.39, 0.29) is 34.1 Å². The fraction of sp³-hybridized carbons (Fsp3) is 0.471. The Balaban J connectivity index is -0.000000348. The van der Waals surface area contributed by atoms with E-state index < -0.39 is 0 Å². The van der Waals surface area contributed by atoms with Crippen molar-refractivity contribution in [3.05, 3.63) is 80.8 Å². The third-order valence-electron chi connectivity index (χ3n) is 6.49. The summed E-state index contributed by atoms with van der Waals surface area (Å²) in [6.07, 6.45) is 0. The quantitative estimate of drug-likeness (QED) is 0.166. The molecule has 0 unspecified atom stereocenters. The summed E-state index contributed by atoms with van der Waals surface area (Å²) < 4.78 is 0. The first-order chi connectivity index (χ1) is 25.2. The molecule has 2 aromatic rings. The van der Waals surface area contributed by atoms with E-state index in [0.717, 1.165) is 124 Å². The minimum absolute atomic E-state index is 0. The zero-order valence-electron chi connectivity index (χ0n) is 30.8. The van der Waals surface area contributed by atoms with Crippen LogP contribution in [0, 0.1) is 0 Å². The molecule has 0 aliphatic carbocycles. The molecule has 2 aliphatic heterocycles. The van der Waals surface area contributed by atoms with E-state index in [2.05, 4.69) is 100 Å². The van der Waals surface area contributed by atoms with E-state index in [0.29, 0.717) is 0 Å². The van der Waals surface area contributed by atoms with Gasteiger partial charge in [0.05, 0.1) is 71.8 Å². The van der Waals surface area contributed by atoms with Crippen molar-refractivity contribution < 1.29 is 34.1 Å². The van der Waals surface area contributed by atoms with Gasteiger partial charge in [-0.1, -0.05) is 61.0 Å². The molecule has 2 aliphatic rings. The Hall–Kier alpha value is -2.94. The van der Waals surface area contributed by atoms with E-state index in [4.69, 9.17) is 21.6 Å². The smallest absolute Gasteiger partial charge is 0.753 e. The molecule has 4 bridgehead atoms. The van der Waals surface area contributed by atoms with Crippen molar-refractivity contribution in [3.8, 4) is 0 Å². The Kier molecular flexibility index (Phi) is 45.8. The summed E-state index contributed by atoms with van der Waals surface area (Å²) in [4.78, 5) is 27.5. The van der Waals surface area contributed by atoms with Gasteiger partial charge >= 0.3 is 34.1 Å². The van der Waals surface area contributed by atoms with E-state index in [1.54, 1.807) is 0 Å². The number of isothiocyanates is 4. The molecule has 288 valence electrons. The number of hydrogen-bond acceptors (Lipinski definition) is 14. The van der Waals surface area contributed by atoms with Gasteiger partial charge in [-0.05, 0) is 52.0 Å². The van der Waals surface area contributed by atoms with Crippen LogP contribution in [0.3, 0.4) is 0 Å². The standard InChI is InChI=1S/2C15H23N5.4CNS.2Fe/c2*1-12-14-4-3-5-15(20-14)13(2)19-11-9-17-7-6-16-8-10-18-12;4*2-1-3;;/h2*3-5,16-17H,6-11H2,1-2H3;;;;;;/q;;4*-1;2*+4. The third-order valence-corrected chi connectivity index (χ3v) is 6.49. The van der Waals surface area contributed by atoms with Crippen LogP contribution in [-0.4, -0.2) is 132 Å². The molecule has 20 heteroatoms. The number of aliphatic imine (C=N–C) groups is 4. The minimum atomic E-state index is 0. The largest absolute Gasteiger partial charge is 4.00 e. The number of rotatable bonds is 0. The van der Waals surface area contributed by atoms with Gasteiger partial charge in [-0.2, -0.15) is 20.6 Å². The van der Waals surface area contributed by atoms with Gasteiger partial charge in [-0.25, -0.2) is 9.97 Å². The number of aromatic nitrogens is 2. The molecule has 0 spiro atoms. The van der Waals surface area contributed by atoms with Gasteiger partial charge in [-0.3, -0.25) is 20.0 Å². The van der Waals surface area contributed by atoms with Crippen LogP contribution in [0.2, 0.25) is 0 Å². The normalized spacial score (nSPS) is 14.3. The van der Waals surface area contributed by atoms with Crippen LogP contribution < -0.4 is 21.3 Å². The predicted octanol–water partition coefficient (Wildman–Crippen LogP) is 4.41. The van der Waals surface area contributed by atoms with Gasteiger partial charge in [0, 0.05) is 52.4 Å². The summed E-state index contributed by atoms with van der Waals surface area (Å²) >= 11 is 14.8. The molecule has 4 rings (SSSR count). The van der Waals surface area contributed by atoms with Gasteiger partial charge < -0.3 is 42.9 Å². The van der Waals surface area contributed by atoms with Gasteiger partial charge in [0.15, 0.2) is 0 Å². The second kappa shape index (κ2) is 42.8. The Labute approximate surface area is 362 Å². The molecule has 4 heterocycles. The van der Waals surface area contributed by atoms with Crippen LogP contribution in [0.1, 0.15) is 50.5 Å². The van der Waals surface area contributed by atoms with Gasteiger partial charge in [0.25, 0.3) is 0 Å². The molecule has 4 N–H and O–H groups in total. The van der Waals surface area contributed by atoms with Gasteiger partial charge in [-0.15, -0.1) is 0 Å². The molecular weight excluding hydrogens is 844 g/mol. The zero-order chi connectivity index (χ0) is 39.2. The number of nitrogens with zero attached hydrogens (tertiary/aromatic N) is 10. The van der Waals surface area contributed by atoms with Crippen molar-refractivity contribution in [3.63, 3.8) is 0 Å². The Morgan fingerprint density at radius 1 is 0.426 bits per heavy atom. The van der Waals surface area contributed by atoms with Crippen LogP contribution in [0.4, 0.5) is 0 Å². The average molecular weight is 891 g/mol. The van der Waals surface area contributed by atoms with Crippen molar-refractivity contribution in [2.24, 2.45) is 20.0 Å². The summed E-state index contributed by atoms with van der Waals surface area (Å²) in [6.45, 7) is 18.6. The molecule has 2 aromatic heterocycles. The molecule has 0 aromatic carbocycles. The van der Waals surface area contributed by atoms with Crippen molar-refractivity contribution in [1.29, 1.82) is 0 Å². The summed E-state index contributed by atoms with van der Waals surface area (Å²) in [5.74, 6) is 0. The van der Waals surface area contributed by atoms with Crippen LogP contribution in [0.15, 0.2) is 56.4 Å². The number of thiocarbonyl (C=S) groups is 4. The summed E-state index contributed by atoms with van der Waals surface area (Å²) in [5, 5.41) is 47.3. The van der Waals surface area contributed by atoms with Crippen molar-refractivity contribution in [1.82, 2.24) is 31.2 Å². The fourth-order valence-electron chi connectivity index (χ4n) is 4.06. The van der Waals surface area contributed by atoms with E-state index in [1.165, 1.54) is 20.6 Å². The van der Waals surface area contributed by atoms with Crippen LogP contribution in [0.25, 0.3) is 21.6 Å². The second-order valence-corrected chi connectivity index (χ2v) is 10.8. The van der Waals surface area contributed by atoms with E-state index in [9.17, 15) is 0 Å². The van der Waals surface area contributed by atoms with Gasteiger partial charge in [0.2, 0.25) is 0 Å². The predicted molar refractivity (Wildman–Crippen MR) is 232 cm³/mol. The fourth-order valence-corrected chi connectivity index (χ4v) is 4.06. The first-order valence-corrected chi connectivity index (χ1v) is 17.7. The number of pyridine rings is 2. The van der Waals surface area contributed by atoms with Crippen molar-refractivity contribution >= 4 is 92.4 Å². The Bertz CT molecular complexity index is 1340. The van der Waals surface area contributed by atoms with Gasteiger partial charge in [0.1, 0.15) is 0 Å². The maximum atomic E-state index is 7.13. The molecule has 0 atom stereocenters. The summed E-state index contributed by atoms with van der Waals surface area (Å²) in [6, 6.07) is 12.0. The van der Waals surface area contributed by atoms with Crippen molar-refractivity contribution in [2.75, 3.05) is 78.5 Å². The minimum Gasteiger partial charge on any atom is -0.753 e. The number of fused-ring (bicyclic) bond motifs is 4. The van der Waals surface area contributed by atoms with Crippen molar-refractivity contribution in [2.45, 2.75) is 27.7 Å². The van der Waals surface area contributed by atoms with E-state index >= 15 is 0 Å². The molecule has 0 saturated carbocycles. The molecular formula is C34H46Fe2N14S4+4.